The van der Waals surface area contributed by atoms with Gasteiger partial charge in [0.2, 0.25) is 0 Å². The molecule has 0 bridgehead atoms. The summed E-state index contributed by atoms with van der Waals surface area (Å²) in [6.07, 6.45) is 1.01. The second-order valence-electron chi connectivity index (χ2n) is 6.86. The maximum absolute atomic E-state index is 12.4. The first-order valence-electron chi connectivity index (χ1n) is 9.17. The third kappa shape index (κ3) is 3.57. The van der Waals surface area contributed by atoms with Crippen LogP contribution in [-0.4, -0.2) is 17.7 Å². The van der Waals surface area contributed by atoms with Gasteiger partial charge in [-0.1, -0.05) is 66.7 Å². The van der Waals surface area contributed by atoms with Gasteiger partial charge in [-0.3, -0.25) is 10.0 Å². The Morgan fingerprint density at radius 3 is 2.37 bits per heavy atom. The van der Waals surface area contributed by atoms with Gasteiger partial charge in [-0.2, -0.15) is 0 Å². The number of carbonyl (C=O) groups excluding carboxylic acids is 1. The van der Waals surface area contributed by atoms with E-state index in [-0.39, 0.29) is 0 Å². The van der Waals surface area contributed by atoms with Crippen molar-refractivity contribution in [2.75, 3.05) is 11.4 Å². The third-order valence-electron chi connectivity index (χ3n) is 5.20. The Balaban J connectivity index is 1.66. The molecule has 3 aromatic carbocycles. The molecular formula is C23H22N2O2. The lowest BCUT2D eigenvalue weighted by Crippen LogP contribution is -2.31. The van der Waals surface area contributed by atoms with Gasteiger partial charge in [-0.05, 0) is 40.8 Å². The Labute approximate surface area is 159 Å². The summed E-state index contributed by atoms with van der Waals surface area (Å²) >= 11 is 0. The van der Waals surface area contributed by atoms with Gasteiger partial charge >= 0.3 is 0 Å². The minimum Gasteiger partial charge on any atom is -0.367 e. The summed E-state index contributed by atoms with van der Waals surface area (Å²) in [5, 5.41) is 9.25. The van der Waals surface area contributed by atoms with Crippen LogP contribution >= 0.6 is 0 Å². The van der Waals surface area contributed by atoms with Crippen LogP contribution in [-0.2, 0) is 17.8 Å². The molecule has 2 N–H and O–H groups in total. The molecule has 4 nitrogen and oxygen atoms in total. The van der Waals surface area contributed by atoms with Gasteiger partial charge < -0.3 is 4.90 Å². The smallest absolute Gasteiger partial charge is 0.255 e. The average Bonchev–Trinajstić information content (AvgIpc) is 2.74. The lowest BCUT2D eigenvalue weighted by Gasteiger charge is -2.31. The third-order valence-corrected chi connectivity index (χ3v) is 5.20. The first kappa shape index (κ1) is 17.3. The van der Waals surface area contributed by atoms with E-state index in [4.69, 9.17) is 0 Å². The molecule has 0 saturated heterocycles. The van der Waals surface area contributed by atoms with E-state index < -0.39 is 11.8 Å². The Morgan fingerprint density at radius 1 is 0.889 bits per heavy atom. The molecule has 0 aliphatic carbocycles. The van der Waals surface area contributed by atoms with Crippen molar-refractivity contribution in [2.24, 2.45) is 0 Å². The van der Waals surface area contributed by atoms with E-state index >= 15 is 0 Å². The predicted molar refractivity (Wildman–Crippen MR) is 106 cm³/mol. The maximum Gasteiger partial charge on any atom is 0.255 e. The van der Waals surface area contributed by atoms with Crippen LogP contribution in [0, 0.1) is 0 Å². The van der Waals surface area contributed by atoms with Crippen LogP contribution in [0.2, 0.25) is 0 Å². The van der Waals surface area contributed by atoms with Crippen molar-refractivity contribution in [3.05, 3.63) is 101 Å². The molecule has 0 fully saturated rings. The van der Waals surface area contributed by atoms with Crippen molar-refractivity contribution in [1.82, 2.24) is 5.48 Å². The van der Waals surface area contributed by atoms with Gasteiger partial charge in [0.15, 0.2) is 0 Å². The molecule has 1 heterocycles. The number of hydrogen-bond donors (Lipinski definition) is 2. The summed E-state index contributed by atoms with van der Waals surface area (Å²) in [5.41, 5.74) is 7.39. The van der Waals surface area contributed by atoms with Crippen molar-refractivity contribution < 1.29 is 10.0 Å². The molecule has 1 aliphatic heterocycles. The minimum atomic E-state index is -0.548. The van der Waals surface area contributed by atoms with Crippen molar-refractivity contribution in [2.45, 2.75) is 18.9 Å². The van der Waals surface area contributed by atoms with Crippen molar-refractivity contribution >= 4 is 11.6 Å². The highest BCUT2D eigenvalue weighted by atomic mass is 16.5. The van der Waals surface area contributed by atoms with Crippen LogP contribution in [0.5, 0.6) is 0 Å². The Kier molecular flexibility index (Phi) is 4.90. The highest BCUT2D eigenvalue weighted by Crippen LogP contribution is 2.30. The Hall–Kier alpha value is -3.11. The molecule has 3 aromatic rings. The zero-order valence-electron chi connectivity index (χ0n) is 15.0. The lowest BCUT2D eigenvalue weighted by atomic mass is 9.90. The zero-order chi connectivity index (χ0) is 18.6. The molecule has 1 atom stereocenters. The largest absolute Gasteiger partial charge is 0.367 e. The van der Waals surface area contributed by atoms with Crippen LogP contribution < -0.4 is 10.4 Å². The number of fused-ring (bicyclic) bond motifs is 1. The molecule has 0 spiro atoms. The minimum absolute atomic E-state index is 0.428. The molecule has 136 valence electrons. The number of amides is 1. The average molecular weight is 358 g/mol. The number of anilines is 1. The van der Waals surface area contributed by atoms with Crippen molar-refractivity contribution in [1.29, 1.82) is 0 Å². The fourth-order valence-corrected chi connectivity index (χ4v) is 3.82. The molecule has 4 heteroatoms. The molecule has 0 radical (unpaired) electrons. The van der Waals surface area contributed by atoms with E-state index in [9.17, 15) is 10.0 Å². The Morgan fingerprint density at radius 2 is 1.59 bits per heavy atom. The van der Waals surface area contributed by atoms with Gasteiger partial charge in [0, 0.05) is 18.8 Å². The summed E-state index contributed by atoms with van der Waals surface area (Å²) in [6, 6.07) is 26.1. The Bertz CT molecular complexity index is 940. The first-order chi connectivity index (χ1) is 13.3. The molecule has 1 amide bonds. The van der Waals surface area contributed by atoms with Gasteiger partial charge in [-0.15, -0.1) is 0 Å². The molecule has 4 rings (SSSR count). The fourth-order valence-electron chi connectivity index (χ4n) is 3.82. The number of nitrogens with one attached hydrogen (secondary N) is 1. The normalized spacial score (nSPS) is 14.3. The van der Waals surface area contributed by atoms with E-state index in [2.05, 4.69) is 41.3 Å². The SMILES string of the molecule is O=C(NO)C(c1ccccc1)c1cccc(N2CCc3ccccc3C2)c1. The van der Waals surface area contributed by atoms with Crippen LogP contribution in [0.1, 0.15) is 28.2 Å². The van der Waals surface area contributed by atoms with Crippen molar-refractivity contribution in [3.63, 3.8) is 0 Å². The van der Waals surface area contributed by atoms with Gasteiger partial charge in [0.25, 0.3) is 5.91 Å². The topological polar surface area (TPSA) is 52.6 Å². The molecular weight excluding hydrogens is 336 g/mol. The molecule has 1 unspecified atom stereocenters. The van der Waals surface area contributed by atoms with Gasteiger partial charge in [0.1, 0.15) is 0 Å². The monoisotopic (exact) mass is 358 g/mol. The summed E-state index contributed by atoms with van der Waals surface area (Å²) in [4.78, 5) is 14.7. The van der Waals surface area contributed by atoms with Gasteiger partial charge in [0.05, 0.1) is 5.92 Å². The second kappa shape index (κ2) is 7.64. The standard InChI is InChI=1S/C23H22N2O2/c26-23(24-27)22(18-8-2-1-3-9-18)19-11-6-12-21(15-19)25-14-13-17-7-4-5-10-20(17)16-25/h1-12,15,22,27H,13-14,16H2,(H,24,26). The summed E-state index contributed by atoms with van der Waals surface area (Å²) in [6.45, 7) is 1.81. The van der Waals surface area contributed by atoms with Crippen LogP contribution in [0.25, 0.3) is 0 Å². The van der Waals surface area contributed by atoms with Crippen molar-refractivity contribution in [3.8, 4) is 0 Å². The first-order valence-corrected chi connectivity index (χ1v) is 9.17. The van der Waals surface area contributed by atoms with Gasteiger partial charge in [-0.25, -0.2) is 5.48 Å². The number of hydrogen-bond acceptors (Lipinski definition) is 3. The van der Waals surface area contributed by atoms with Crippen LogP contribution in [0.3, 0.4) is 0 Å². The van der Waals surface area contributed by atoms with Crippen LogP contribution in [0.15, 0.2) is 78.9 Å². The van der Waals surface area contributed by atoms with E-state index in [1.807, 2.05) is 47.9 Å². The molecule has 1 aliphatic rings. The van der Waals surface area contributed by atoms with E-state index in [0.717, 1.165) is 36.3 Å². The highest BCUT2D eigenvalue weighted by molar-refractivity contribution is 5.86. The fraction of sp³-hybridized carbons (Fsp3) is 0.174. The predicted octanol–water partition coefficient (Wildman–Crippen LogP) is 3.89. The lowest BCUT2D eigenvalue weighted by molar-refractivity contribution is -0.129. The summed E-state index contributed by atoms with van der Waals surface area (Å²) < 4.78 is 0. The van der Waals surface area contributed by atoms with E-state index in [0.29, 0.717) is 0 Å². The highest BCUT2D eigenvalue weighted by Gasteiger charge is 2.24. The van der Waals surface area contributed by atoms with E-state index in [1.54, 1.807) is 0 Å². The number of carbonyl (C=O) groups is 1. The van der Waals surface area contributed by atoms with E-state index in [1.165, 1.54) is 11.1 Å². The second-order valence-corrected chi connectivity index (χ2v) is 6.86. The number of nitrogens with zero attached hydrogens (tertiary/aromatic N) is 1. The summed E-state index contributed by atoms with van der Waals surface area (Å²) in [7, 11) is 0. The molecule has 27 heavy (non-hydrogen) atoms. The molecule has 0 aromatic heterocycles. The number of rotatable bonds is 4. The summed E-state index contributed by atoms with van der Waals surface area (Å²) in [5.74, 6) is -0.976. The number of benzene rings is 3. The zero-order valence-corrected chi connectivity index (χ0v) is 15.0. The number of hydroxylamine groups is 1. The van der Waals surface area contributed by atoms with Crippen LogP contribution in [0.4, 0.5) is 5.69 Å². The quantitative estimate of drug-likeness (QED) is 0.550. The maximum atomic E-state index is 12.4. The molecule has 0 saturated carbocycles.